The molecule has 0 spiro atoms. The normalized spacial score (nSPS) is 11.0. The van der Waals surface area contributed by atoms with Crippen molar-refractivity contribution in [3.8, 4) is 11.4 Å². The van der Waals surface area contributed by atoms with Gasteiger partial charge in [-0.2, -0.15) is 4.68 Å². The second kappa shape index (κ2) is 5.21. The number of rotatable bonds is 3. The van der Waals surface area contributed by atoms with E-state index in [-0.39, 0.29) is 5.56 Å². The van der Waals surface area contributed by atoms with Crippen LogP contribution in [0, 0.1) is 6.92 Å². The van der Waals surface area contributed by atoms with Crippen LogP contribution in [0.2, 0.25) is 0 Å². The zero-order valence-corrected chi connectivity index (χ0v) is 12.7. The highest BCUT2D eigenvalue weighted by atomic mass is 32.2. The molecular formula is C13H14N6OS. The topological polar surface area (TPSA) is 70.5 Å². The lowest BCUT2D eigenvalue weighted by Crippen LogP contribution is -2.21. The summed E-state index contributed by atoms with van der Waals surface area (Å²) >= 11 is 1.39. The first-order valence-electron chi connectivity index (χ1n) is 6.32. The van der Waals surface area contributed by atoms with E-state index in [1.165, 1.54) is 16.4 Å². The summed E-state index contributed by atoms with van der Waals surface area (Å²) in [6, 6.07) is 9.49. The van der Waals surface area contributed by atoms with E-state index in [2.05, 4.69) is 15.5 Å². The fraction of sp³-hybridized carbons (Fsp3) is 0.231. The number of thioether (sulfide) groups is 1. The third-order valence-electron chi connectivity index (χ3n) is 3.36. The fourth-order valence-corrected chi connectivity index (χ4v) is 2.66. The fourth-order valence-electron chi connectivity index (χ4n) is 2.24. The van der Waals surface area contributed by atoms with E-state index >= 15 is 0 Å². The first-order valence-corrected chi connectivity index (χ1v) is 7.54. The van der Waals surface area contributed by atoms with E-state index in [0.717, 1.165) is 11.4 Å². The molecule has 3 aromatic rings. The van der Waals surface area contributed by atoms with Gasteiger partial charge in [-0.1, -0.05) is 30.0 Å². The highest BCUT2D eigenvalue weighted by molar-refractivity contribution is 7.98. The molecule has 1 aromatic carbocycles. The number of para-hydroxylation sites is 1. The lowest BCUT2D eigenvalue weighted by molar-refractivity contribution is 0.630. The van der Waals surface area contributed by atoms with Crippen LogP contribution < -0.4 is 5.56 Å². The molecule has 0 aliphatic rings. The van der Waals surface area contributed by atoms with Crippen LogP contribution in [0.25, 0.3) is 11.4 Å². The van der Waals surface area contributed by atoms with E-state index in [0.29, 0.717) is 10.8 Å². The number of tetrazole rings is 1. The van der Waals surface area contributed by atoms with Gasteiger partial charge in [-0.05, 0) is 35.7 Å². The summed E-state index contributed by atoms with van der Waals surface area (Å²) in [5.41, 5.74) is 1.92. The molecule has 21 heavy (non-hydrogen) atoms. The van der Waals surface area contributed by atoms with E-state index in [4.69, 9.17) is 0 Å². The SMILES string of the molecule is CSc1nnnn1-c1c(C)n(C)n(-c2ccccc2)c1=O. The summed E-state index contributed by atoms with van der Waals surface area (Å²) in [4.78, 5) is 12.8. The molecule has 0 aliphatic heterocycles. The summed E-state index contributed by atoms with van der Waals surface area (Å²) < 4.78 is 4.90. The van der Waals surface area contributed by atoms with Crippen molar-refractivity contribution in [2.24, 2.45) is 7.05 Å². The van der Waals surface area contributed by atoms with Gasteiger partial charge in [0.1, 0.15) is 0 Å². The van der Waals surface area contributed by atoms with Gasteiger partial charge < -0.3 is 0 Å². The van der Waals surface area contributed by atoms with Gasteiger partial charge in [0.2, 0.25) is 5.16 Å². The van der Waals surface area contributed by atoms with Gasteiger partial charge in [0.05, 0.1) is 11.4 Å². The highest BCUT2D eigenvalue weighted by Gasteiger charge is 2.21. The van der Waals surface area contributed by atoms with Crippen LogP contribution in [0.4, 0.5) is 0 Å². The van der Waals surface area contributed by atoms with Gasteiger partial charge in [-0.15, -0.1) is 5.10 Å². The van der Waals surface area contributed by atoms with Gasteiger partial charge >= 0.3 is 0 Å². The third-order valence-corrected chi connectivity index (χ3v) is 3.98. The average molecular weight is 302 g/mol. The molecule has 3 rings (SSSR count). The second-order valence-corrected chi connectivity index (χ2v) is 5.26. The Bertz CT molecular complexity index is 832. The van der Waals surface area contributed by atoms with Crippen molar-refractivity contribution in [1.82, 2.24) is 29.6 Å². The van der Waals surface area contributed by atoms with Crippen LogP contribution in [0.5, 0.6) is 0 Å². The zero-order chi connectivity index (χ0) is 15.0. The van der Waals surface area contributed by atoms with Crippen LogP contribution in [-0.4, -0.2) is 35.8 Å². The molecule has 0 amide bonds. The molecule has 108 valence electrons. The van der Waals surface area contributed by atoms with Crippen molar-refractivity contribution in [1.29, 1.82) is 0 Å². The molecular weight excluding hydrogens is 288 g/mol. The Labute approximate surface area is 125 Å². The van der Waals surface area contributed by atoms with Gasteiger partial charge in [0.25, 0.3) is 5.56 Å². The first-order chi connectivity index (χ1) is 10.1. The Morgan fingerprint density at radius 2 is 1.90 bits per heavy atom. The molecule has 0 unspecified atom stereocenters. The van der Waals surface area contributed by atoms with Crippen molar-refractivity contribution in [2.45, 2.75) is 12.1 Å². The summed E-state index contributed by atoms with van der Waals surface area (Å²) in [5, 5.41) is 12.1. The third kappa shape index (κ3) is 2.07. The predicted octanol–water partition coefficient (Wildman–Crippen LogP) is 1.18. The van der Waals surface area contributed by atoms with Crippen molar-refractivity contribution < 1.29 is 0 Å². The van der Waals surface area contributed by atoms with Crippen molar-refractivity contribution >= 4 is 11.8 Å². The highest BCUT2D eigenvalue weighted by Crippen LogP contribution is 2.17. The predicted molar refractivity (Wildman–Crippen MR) is 80.2 cm³/mol. The number of hydrogen-bond acceptors (Lipinski definition) is 5. The minimum atomic E-state index is -0.149. The Hall–Kier alpha value is -2.35. The zero-order valence-electron chi connectivity index (χ0n) is 11.9. The van der Waals surface area contributed by atoms with Gasteiger partial charge in [-0.25, -0.2) is 4.68 Å². The lowest BCUT2D eigenvalue weighted by Gasteiger charge is -2.07. The first kappa shape index (κ1) is 13.6. The van der Waals surface area contributed by atoms with Crippen LogP contribution in [0.1, 0.15) is 5.69 Å². The Morgan fingerprint density at radius 1 is 1.19 bits per heavy atom. The van der Waals surface area contributed by atoms with Crippen molar-refractivity contribution in [3.05, 3.63) is 46.4 Å². The Kier molecular flexibility index (Phi) is 3.38. The van der Waals surface area contributed by atoms with Crippen LogP contribution >= 0.6 is 11.8 Å². The molecule has 0 saturated carbocycles. The second-order valence-electron chi connectivity index (χ2n) is 4.49. The molecule has 2 heterocycles. The minimum Gasteiger partial charge on any atom is -0.283 e. The Balaban J connectivity index is 2.28. The molecule has 0 fully saturated rings. The Morgan fingerprint density at radius 3 is 2.57 bits per heavy atom. The summed E-state index contributed by atoms with van der Waals surface area (Å²) in [5.74, 6) is 0. The molecule has 0 bridgehead atoms. The van der Waals surface area contributed by atoms with Crippen molar-refractivity contribution in [2.75, 3.05) is 6.26 Å². The quantitative estimate of drug-likeness (QED) is 0.680. The lowest BCUT2D eigenvalue weighted by atomic mass is 10.3. The van der Waals surface area contributed by atoms with Gasteiger partial charge in [-0.3, -0.25) is 9.48 Å². The molecule has 0 atom stereocenters. The summed E-state index contributed by atoms with van der Waals surface area (Å²) in [6.45, 7) is 1.88. The number of benzene rings is 1. The van der Waals surface area contributed by atoms with E-state index < -0.39 is 0 Å². The molecule has 2 aromatic heterocycles. The molecule has 8 heteroatoms. The maximum Gasteiger partial charge on any atom is 0.297 e. The number of nitrogens with zero attached hydrogens (tertiary/aromatic N) is 6. The number of aromatic nitrogens is 6. The minimum absolute atomic E-state index is 0.149. The maximum absolute atomic E-state index is 12.8. The standard InChI is InChI=1S/C13H14N6OS/c1-9-11(18-13(21-3)14-15-16-18)12(20)19(17(9)2)10-7-5-4-6-8-10/h4-8H,1-3H3. The van der Waals surface area contributed by atoms with Gasteiger partial charge in [0.15, 0.2) is 5.69 Å². The van der Waals surface area contributed by atoms with Crippen LogP contribution in [-0.2, 0) is 7.05 Å². The molecule has 7 nitrogen and oxygen atoms in total. The van der Waals surface area contributed by atoms with Crippen molar-refractivity contribution in [3.63, 3.8) is 0 Å². The molecule has 0 saturated heterocycles. The van der Waals surface area contributed by atoms with E-state index in [9.17, 15) is 4.79 Å². The summed E-state index contributed by atoms with van der Waals surface area (Å²) in [6.07, 6.45) is 1.87. The molecule has 0 radical (unpaired) electrons. The monoisotopic (exact) mass is 302 g/mol. The van der Waals surface area contributed by atoms with Crippen LogP contribution in [0.15, 0.2) is 40.3 Å². The molecule has 0 N–H and O–H groups in total. The van der Waals surface area contributed by atoms with E-state index in [1.807, 2.05) is 50.6 Å². The van der Waals surface area contributed by atoms with E-state index in [1.54, 1.807) is 9.36 Å². The van der Waals surface area contributed by atoms with Crippen LogP contribution in [0.3, 0.4) is 0 Å². The smallest absolute Gasteiger partial charge is 0.283 e. The number of hydrogen-bond donors (Lipinski definition) is 0. The van der Waals surface area contributed by atoms with Gasteiger partial charge in [0, 0.05) is 7.05 Å². The maximum atomic E-state index is 12.8. The molecule has 0 aliphatic carbocycles. The largest absolute Gasteiger partial charge is 0.297 e. The average Bonchev–Trinajstić information content (AvgIpc) is 3.04. The summed E-state index contributed by atoms with van der Waals surface area (Å²) in [7, 11) is 1.84.